The van der Waals surface area contributed by atoms with E-state index in [1.54, 1.807) is 35.2 Å². The van der Waals surface area contributed by atoms with Gasteiger partial charge in [-0.3, -0.25) is 13.9 Å². The second-order valence-electron chi connectivity index (χ2n) is 11.2. The molecule has 0 aliphatic heterocycles. The number of amides is 2. The number of rotatable bonds is 15. The lowest BCUT2D eigenvalue weighted by Gasteiger charge is -2.34. The van der Waals surface area contributed by atoms with E-state index in [9.17, 15) is 18.0 Å². The summed E-state index contributed by atoms with van der Waals surface area (Å²) >= 11 is 0. The van der Waals surface area contributed by atoms with Crippen molar-refractivity contribution >= 4 is 27.5 Å². The number of anilines is 1. The summed E-state index contributed by atoms with van der Waals surface area (Å²) in [6.07, 6.45) is 2.59. The fourth-order valence-corrected chi connectivity index (χ4v) is 6.71. The second kappa shape index (κ2) is 16.0. The largest absolute Gasteiger partial charge is 0.354 e. The monoisotopic (exact) mass is 625 g/mol. The van der Waals surface area contributed by atoms with Crippen LogP contribution in [0.15, 0.2) is 114 Å². The number of carbonyl (C=O) groups is 2. The minimum atomic E-state index is -4.13. The van der Waals surface area contributed by atoms with Crippen molar-refractivity contribution < 1.29 is 18.0 Å². The van der Waals surface area contributed by atoms with E-state index >= 15 is 0 Å². The summed E-state index contributed by atoms with van der Waals surface area (Å²) in [5.41, 5.74) is 4.07. The van der Waals surface area contributed by atoms with Crippen LogP contribution >= 0.6 is 0 Å². The summed E-state index contributed by atoms with van der Waals surface area (Å²) in [5.74, 6) is -0.730. The Hall–Kier alpha value is -4.43. The second-order valence-corrected chi connectivity index (χ2v) is 13.0. The molecule has 0 saturated carbocycles. The third-order valence-electron chi connectivity index (χ3n) is 7.83. The van der Waals surface area contributed by atoms with E-state index in [2.05, 4.69) is 12.2 Å². The van der Waals surface area contributed by atoms with Gasteiger partial charge in [-0.1, -0.05) is 117 Å². The molecule has 0 fully saturated rings. The molecule has 8 heteroatoms. The summed E-state index contributed by atoms with van der Waals surface area (Å²) in [5, 5.41) is 3.03. The van der Waals surface area contributed by atoms with Crippen molar-refractivity contribution in [3.63, 3.8) is 0 Å². The predicted octanol–water partition coefficient (Wildman–Crippen LogP) is 6.31. The third kappa shape index (κ3) is 8.82. The average Bonchev–Trinajstić information content (AvgIpc) is 3.06. The van der Waals surface area contributed by atoms with Gasteiger partial charge in [0.1, 0.15) is 12.6 Å². The number of nitrogens with zero attached hydrogens (tertiary/aromatic N) is 2. The molecule has 0 spiro atoms. The lowest BCUT2D eigenvalue weighted by atomic mass is 10.0. The van der Waals surface area contributed by atoms with Crippen molar-refractivity contribution in [1.29, 1.82) is 0 Å². The van der Waals surface area contributed by atoms with E-state index in [4.69, 9.17) is 0 Å². The number of carbonyl (C=O) groups excluding carboxylic acids is 2. The highest BCUT2D eigenvalue weighted by Gasteiger charge is 2.35. The summed E-state index contributed by atoms with van der Waals surface area (Å²) in [6.45, 7) is 6.17. The highest BCUT2D eigenvalue weighted by atomic mass is 32.2. The molecule has 0 aromatic heterocycles. The fraction of sp³-hybridized carbons (Fsp3) is 0.297. The topological polar surface area (TPSA) is 86.8 Å². The Bertz CT molecular complexity index is 1640. The molecule has 1 unspecified atom stereocenters. The highest BCUT2D eigenvalue weighted by Crippen LogP contribution is 2.28. The summed E-state index contributed by atoms with van der Waals surface area (Å²) in [6, 6.07) is 31.9. The Morgan fingerprint density at radius 2 is 1.40 bits per heavy atom. The zero-order valence-electron chi connectivity index (χ0n) is 26.4. The van der Waals surface area contributed by atoms with Gasteiger partial charge in [0.05, 0.1) is 10.6 Å². The summed E-state index contributed by atoms with van der Waals surface area (Å²) < 4.78 is 29.6. The molecule has 4 aromatic carbocycles. The molecule has 45 heavy (non-hydrogen) atoms. The van der Waals surface area contributed by atoms with Gasteiger partial charge in [-0.15, -0.1) is 0 Å². The Balaban J connectivity index is 1.80. The molecule has 4 aromatic rings. The van der Waals surface area contributed by atoms with Crippen LogP contribution in [0.2, 0.25) is 0 Å². The third-order valence-corrected chi connectivity index (χ3v) is 9.60. The van der Waals surface area contributed by atoms with Gasteiger partial charge in [-0.25, -0.2) is 8.42 Å². The molecule has 1 atom stereocenters. The van der Waals surface area contributed by atoms with E-state index in [0.29, 0.717) is 18.7 Å². The number of para-hydroxylation sites is 1. The minimum Gasteiger partial charge on any atom is -0.354 e. The minimum absolute atomic E-state index is 0.0898. The lowest BCUT2D eigenvalue weighted by molar-refractivity contribution is -0.140. The summed E-state index contributed by atoms with van der Waals surface area (Å²) in [4.78, 5) is 30.1. The number of unbranched alkanes of at least 4 members (excludes halogenated alkanes) is 1. The van der Waals surface area contributed by atoms with Gasteiger partial charge in [0.2, 0.25) is 11.8 Å². The van der Waals surface area contributed by atoms with Crippen molar-refractivity contribution in [3.8, 4) is 0 Å². The fourth-order valence-electron chi connectivity index (χ4n) is 5.24. The van der Waals surface area contributed by atoms with E-state index in [1.807, 2.05) is 80.6 Å². The number of sulfonamides is 1. The van der Waals surface area contributed by atoms with Crippen LogP contribution in [-0.2, 0) is 39.0 Å². The van der Waals surface area contributed by atoms with Crippen LogP contribution in [0.25, 0.3) is 0 Å². The Kier molecular flexibility index (Phi) is 11.9. The number of hydrogen-bond donors (Lipinski definition) is 1. The van der Waals surface area contributed by atoms with Crippen LogP contribution in [0.1, 0.15) is 48.9 Å². The van der Waals surface area contributed by atoms with E-state index in [1.165, 1.54) is 16.4 Å². The van der Waals surface area contributed by atoms with Crippen LogP contribution in [-0.4, -0.2) is 44.3 Å². The number of nitrogens with one attached hydrogen (secondary N) is 1. The molecule has 0 bridgehead atoms. The molecule has 236 valence electrons. The molecule has 4 rings (SSSR count). The first-order chi connectivity index (χ1) is 21.7. The SMILES string of the molecule is CCCCNC(=O)C(Cc1ccccc1)N(Cc1ccc(C)cc1)C(=O)CN(c1ccccc1CC)S(=O)(=O)c1ccccc1. The first-order valence-corrected chi connectivity index (χ1v) is 17.0. The van der Waals surface area contributed by atoms with Gasteiger partial charge in [-0.05, 0) is 54.7 Å². The van der Waals surface area contributed by atoms with Crippen molar-refractivity contribution in [3.05, 3.63) is 131 Å². The van der Waals surface area contributed by atoms with Gasteiger partial charge in [-0.2, -0.15) is 0 Å². The quantitative estimate of drug-likeness (QED) is 0.157. The lowest BCUT2D eigenvalue weighted by Crippen LogP contribution is -2.53. The summed E-state index contributed by atoms with van der Waals surface area (Å²) in [7, 11) is -4.13. The molecule has 0 radical (unpaired) electrons. The molecular formula is C37H43N3O4S. The standard InChI is InChI=1S/C37H43N3O4S/c1-4-6-25-38-37(42)35(26-30-15-9-7-10-16-30)39(27-31-23-21-29(3)22-24-31)36(41)28-40(34-20-14-13-17-32(34)5-2)45(43,44)33-18-11-8-12-19-33/h7-24,35H,4-6,25-28H2,1-3H3,(H,38,42). The van der Waals surface area contributed by atoms with E-state index < -0.39 is 28.5 Å². The van der Waals surface area contributed by atoms with Crippen molar-refractivity contribution in [2.24, 2.45) is 0 Å². The van der Waals surface area contributed by atoms with Gasteiger partial charge in [0, 0.05) is 19.5 Å². The Morgan fingerprint density at radius 3 is 2.04 bits per heavy atom. The molecule has 1 N–H and O–H groups in total. The van der Waals surface area contributed by atoms with E-state index in [0.717, 1.165) is 35.1 Å². The number of aryl methyl sites for hydroxylation is 2. The van der Waals surface area contributed by atoms with Crippen LogP contribution in [0.5, 0.6) is 0 Å². The number of benzene rings is 4. The maximum absolute atomic E-state index is 14.6. The van der Waals surface area contributed by atoms with Gasteiger partial charge >= 0.3 is 0 Å². The highest BCUT2D eigenvalue weighted by molar-refractivity contribution is 7.92. The molecular weight excluding hydrogens is 582 g/mol. The number of hydrogen-bond acceptors (Lipinski definition) is 4. The van der Waals surface area contributed by atoms with Crippen molar-refractivity contribution in [2.45, 2.75) is 63.9 Å². The molecule has 0 aliphatic carbocycles. The predicted molar refractivity (Wildman–Crippen MR) is 180 cm³/mol. The van der Waals surface area contributed by atoms with E-state index in [-0.39, 0.29) is 23.8 Å². The van der Waals surface area contributed by atoms with Crippen LogP contribution in [0.4, 0.5) is 5.69 Å². The average molecular weight is 626 g/mol. The van der Waals surface area contributed by atoms with Gasteiger partial charge < -0.3 is 10.2 Å². The molecule has 0 aliphatic rings. The molecule has 0 saturated heterocycles. The molecule has 7 nitrogen and oxygen atoms in total. The maximum atomic E-state index is 14.6. The van der Waals surface area contributed by atoms with Crippen LogP contribution < -0.4 is 9.62 Å². The smallest absolute Gasteiger partial charge is 0.264 e. The zero-order chi connectivity index (χ0) is 32.2. The van der Waals surface area contributed by atoms with Crippen LogP contribution in [0.3, 0.4) is 0 Å². The zero-order valence-corrected chi connectivity index (χ0v) is 27.2. The normalized spacial score (nSPS) is 11.9. The van der Waals surface area contributed by atoms with Gasteiger partial charge in [0.15, 0.2) is 0 Å². The van der Waals surface area contributed by atoms with Crippen molar-refractivity contribution in [2.75, 3.05) is 17.4 Å². The Morgan fingerprint density at radius 1 is 0.778 bits per heavy atom. The first-order valence-electron chi connectivity index (χ1n) is 15.6. The first kappa shape index (κ1) is 33.5. The molecule has 2 amide bonds. The molecule has 0 heterocycles. The maximum Gasteiger partial charge on any atom is 0.264 e. The Labute approximate surface area is 268 Å². The van der Waals surface area contributed by atoms with Gasteiger partial charge in [0.25, 0.3) is 10.0 Å². The van der Waals surface area contributed by atoms with Crippen LogP contribution in [0, 0.1) is 6.92 Å². The van der Waals surface area contributed by atoms with Crippen molar-refractivity contribution in [1.82, 2.24) is 10.2 Å².